The van der Waals surface area contributed by atoms with Crippen molar-refractivity contribution in [1.82, 2.24) is 19.7 Å². The molecule has 7 nitrogen and oxygen atoms in total. The van der Waals surface area contributed by atoms with Gasteiger partial charge in [-0.3, -0.25) is 14.4 Å². The van der Waals surface area contributed by atoms with Crippen LogP contribution in [0.4, 0.5) is 5.00 Å². The minimum Gasteiger partial charge on any atom is -0.315 e. The molecule has 1 unspecified atom stereocenters. The minimum atomic E-state index is -0.0746. The van der Waals surface area contributed by atoms with Crippen molar-refractivity contribution in [2.24, 2.45) is 0 Å². The molecule has 1 saturated heterocycles. The van der Waals surface area contributed by atoms with Crippen LogP contribution in [-0.4, -0.2) is 44.7 Å². The Kier molecular flexibility index (Phi) is 5.00. The summed E-state index contributed by atoms with van der Waals surface area (Å²) in [5.74, 6) is -0.0746. The lowest BCUT2D eigenvalue weighted by Crippen LogP contribution is -2.46. The van der Waals surface area contributed by atoms with Crippen LogP contribution in [0.2, 0.25) is 0 Å². The molecule has 1 atom stereocenters. The SMILES string of the molecule is N#Cc1ccsc1NC(=O)CN1CCCCC1Cn1cncn1. The maximum Gasteiger partial charge on any atom is 0.239 e. The van der Waals surface area contributed by atoms with Crippen LogP contribution >= 0.6 is 11.3 Å². The fraction of sp³-hybridized carbons (Fsp3) is 0.467. The van der Waals surface area contributed by atoms with Crippen LogP contribution < -0.4 is 5.32 Å². The summed E-state index contributed by atoms with van der Waals surface area (Å²) in [5, 5.41) is 18.4. The number of nitriles is 1. The van der Waals surface area contributed by atoms with Crippen LogP contribution in [-0.2, 0) is 11.3 Å². The van der Waals surface area contributed by atoms with Crippen LogP contribution in [0.25, 0.3) is 0 Å². The smallest absolute Gasteiger partial charge is 0.239 e. The molecule has 0 aromatic carbocycles. The van der Waals surface area contributed by atoms with Crippen molar-refractivity contribution >= 4 is 22.2 Å². The zero-order chi connectivity index (χ0) is 16.1. The molecule has 1 fully saturated rings. The molecule has 23 heavy (non-hydrogen) atoms. The fourth-order valence-electron chi connectivity index (χ4n) is 2.86. The van der Waals surface area contributed by atoms with Gasteiger partial charge in [-0.2, -0.15) is 10.4 Å². The van der Waals surface area contributed by atoms with E-state index < -0.39 is 0 Å². The second kappa shape index (κ2) is 7.35. The van der Waals surface area contributed by atoms with Crippen LogP contribution in [0.3, 0.4) is 0 Å². The second-order valence-electron chi connectivity index (χ2n) is 5.56. The highest BCUT2D eigenvalue weighted by molar-refractivity contribution is 7.14. The van der Waals surface area contributed by atoms with Crippen molar-refractivity contribution in [2.75, 3.05) is 18.4 Å². The number of nitrogens with one attached hydrogen (secondary N) is 1. The molecule has 8 heteroatoms. The number of piperidine rings is 1. The zero-order valence-corrected chi connectivity index (χ0v) is 13.5. The molecular formula is C15H18N6OS. The average molecular weight is 330 g/mol. The van der Waals surface area contributed by atoms with Crippen molar-refractivity contribution in [2.45, 2.75) is 31.8 Å². The highest BCUT2D eigenvalue weighted by Gasteiger charge is 2.25. The Morgan fingerprint density at radius 1 is 1.52 bits per heavy atom. The molecule has 0 saturated carbocycles. The molecule has 1 aliphatic rings. The van der Waals surface area contributed by atoms with E-state index in [2.05, 4.69) is 26.4 Å². The summed E-state index contributed by atoms with van der Waals surface area (Å²) in [4.78, 5) is 18.5. The number of hydrogen-bond donors (Lipinski definition) is 1. The number of carbonyl (C=O) groups excluding carboxylic acids is 1. The largest absolute Gasteiger partial charge is 0.315 e. The lowest BCUT2D eigenvalue weighted by atomic mass is 10.0. The van der Waals surface area contributed by atoms with Gasteiger partial charge in [0.1, 0.15) is 23.7 Å². The Morgan fingerprint density at radius 2 is 2.43 bits per heavy atom. The average Bonchev–Trinajstić information content (AvgIpc) is 3.20. The number of thiophene rings is 1. The first-order valence-corrected chi connectivity index (χ1v) is 8.48. The van der Waals surface area contributed by atoms with Gasteiger partial charge in [0, 0.05) is 6.04 Å². The summed E-state index contributed by atoms with van der Waals surface area (Å²) < 4.78 is 1.81. The van der Waals surface area contributed by atoms with Gasteiger partial charge in [0.05, 0.1) is 18.7 Å². The number of amides is 1. The maximum absolute atomic E-state index is 12.3. The van der Waals surface area contributed by atoms with Crippen molar-refractivity contribution in [3.8, 4) is 6.07 Å². The molecule has 120 valence electrons. The molecule has 2 aromatic rings. The highest BCUT2D eigenvalue weighted by Crippen LogP contribution is 2.23. The normalized spacial score (nSPS) is 18.5. The summed E-state index contributed by atoms with van der Waals surface area (Å²) in [5.41, 5.74) is 0.515. The van der Waals surface area contributed by atoms with Gasteiger partial charge in [-0.1, -0.05) is 6.42 Å². The lowest BCUT2D eigenvalue weighted by Gasteiger charge is -2.34. The summed E-state index contributed by atoms with van der Waals surface area (Å²) in [7, 11) is 0. The minimum absolute atomic E-state index is 0.0746. The van der Waals surface area contributed by atoms with Crippen molar-refractivity contribution in [3.05, 3.63) is 29.7 Å². The number of hydrogen-bond acceptors (Lipinski definition) is 6. The summed E-state index contributed by atoms with van der Waals surface area (Å²) in [6, 6.07) is 4.09. The van der Waals surface area contributed by atoms with Gasteiger partial charge in [0.25, 0.3) is 0 Å². The van der Waals surface area contributed by atoms with Gasteiger partial charge < -0.3 is 5.32 Å². The van der Waals surface area contributed by atoms with E-state index in [1.54, 1.807) is 12.4 Å². The van der Waals surface area contributed by atoms with Gasteiger partial charge in [-0.15, -0.1) is 11.3 Å². The van der Waals surface area contributed by atoms with E-state index in [0.717, 1.165) is 25.9 Å². The van der Waals surface area contributed by atoms with Crippen molar-refractivity contribution < 1.29 is 4.79 Å². The quantitative estimate of drug-likeness (QED) is 0.902. The number of aromatic nitrogens is 3. The number of nitrogens with zero attached hydrogens (tertiary/aromatic N) is 5. The molecule has 3 rings (SSSR count). The third-order valence-corrected chi connectivity index (χ3v) is 4.83. The van der Waals surface area contributed by atoms with E-state index in [1.165, 1.54) is 24.1 Å². The summed E-state index contributed by atoms with van der Waals surface area (Å²) in [6.45, 7) is 1.99. The van der Waals surface area contributed by atoms with E-state index in [9.17, 15) is 4.79 Å². The topological polar surface area (TPSA) is 86.8 Å². The van der Waals surface area contributed by atoms with Gasteiger partial charge in [-0.25, -0.2) is 4.98 Å². The predicted molar refractivity (Wildman–Crippen MR) is 86.9 cm³/mol. The van der Waals surface area contributed by atoms with Gasteiger partial charge >= 0.3 is 0 Å². The van der Waals surface area contributed by atoms with Crippen LogP contribution in [0.5, 0.6) is 0 Å². The molecule has 3 heterocycles. The van der Waals surface area contributed by atoms with E-state index in [4.69, 9.17) is 5.26 Å². The third-order valence-electron chi connectivity index (χ3n) is 4.00. The Morgan fingerprint density at radius 3 is 3.22 bits per heavy atom. The van der Waals surface area contributed by atoms with E-state index >= 15 is 0 Å². The number of likely N-dealkylation sites (tertiary alicyclic amines) is 1. The Bertz CT molecular complexity index is 689. The predicted octanol–water partition coefficient (Wildman–Crippen LogP) is 1.70. The van der Waals surface area contributed by atoms with E-state index in [0.29, 0.717) is 17.1 Å². The number of carbonyl (C=O) groups is 1. The molecule has 2 aromatic heterocycles. The van der Waals surface area contributed by atoms with Crippen LogP contribution in [0.15, 0.2) is 24.1 Å². The fourth-order valence-corrected chi connectivity index (χ4v) is 3.62. The van der Waals surface area contributed by atoms with Gasteiger partial charge in [0.15, 0.2) is 0 Å². The summed E-state index contributed by atoms with van der Waals surface area (Å²) >= 11 is 1.37. The molecule has 1 aliphatic heterocycles. The molecule has 0 radical (unpaired) electrons. The molecule has 0 aliphatic carbocycles. The van der Waals surface area contributed by atoms with Gasteiger partial charge in [-0.05, 0) is 30.8 Å². The highest BCUT2D eigenvalue weighted by atomic mass is 32.1. The van der Waals surface area contributed by atoms with Crippen LogP contribution in [0, 0.1) is 11.3 Å². The molecule has 1 N–H and O–H groups in total. The maximum atomic E-state index is 12.3. The summed E-state index contributed by atoms with van der Waals surface area (Å²) in [6.07, 6.45) is 6.55. The van der Waals surface area contributed by atoms with Crippen molar-refractivity contribution in [3.63, 3.8) is 0 Å². The van der Waals surface area contributed by atoms with Crippen LogP contribution in [0.1, 0.15) is 24.8 Å². The lowest BCUT2D eigenvalue weighted by molar-refractivity contribution is -0.118. The van der Waals surface area contributed by atoms with Crippen molar-refractivity contribution in [1.29, 1.82) is 5.26 Å². The Balaban J connectivity index is 1.60. The monoisotopic (exact) mass is 330 g/mol. The van der Waals surface area contributed by atoms with E-state index in [-0.39, 0.29) is 11.9 Å². The first-order chi connectivity index (χ1) is 11.3. The molecule has 0 spiro atoms. The van der Waals surface area contributed by atoms with E-state index in [1.807, 2.05) is 10.1 Å². The standard InChI is InChI=1S/C15H18N6OS/c16-7-12-4-6-23-15(12)19-14(22)9-20-5-2-1-3-13(20)8-21-11-17-10-18-21/h4,6,10-11,13H,1-3,5,8-9H2,(H,19,22). The molecular weight excluding hydrogens is 312 g/mol. The first kappa shape index (κ1) is 15.6. The zero-order valence-electron chi connectivity index (χ0n) is 12.7. The number of anilines is 1. The second-order valence-corrected chi connectivity index (χ2v) is 6.48. The third kappa shape index (κ3) is 3.94. The van der Waals surface area contributed by atoms with Gasteiger partial charge in [0.2, 0.25) is 5.91 Å². The molecule has 1 amide bonds. The first-order valence-electron chi connectivity index (χ1n) is 7.60. The Hall–Kier alpha value is -2.24. The number of rotatable bonds is 5. The molecule has 0 bridgehead atoms. The Labute approximate surface area is 138 Å².